The highest BCUT2D eigenvalue weighted by Crippen LogP contribution is 2.31. The van der Waals surface area contributed by atoms with Crippen LogP contribution in [0.3, 0.4) is 0 Å². The van der Waals surface area contributed by atoms with Gasteiger partial charge in [0, 0.05) is 23.6 Å². The molecule has 162 valence electrons. The van der Waals surface area contributed by atoms with Crippen molar-refractivity contribution in [2.24, 2.45) is 0 Å². The number of methoxy groups -OCH3 is 1. The van der Waals surface area contributed by atoms with Crippen molar-refractivity contribution in [3.05, 3.63) is 77.0 Å². The van der Waals surface area contributed by atoms with E-state index >= 15 is 0 Å². The van der Waals surface area contributed by atoms with Gasteiger partial charge in [0.25, 0.3) is 0 Å². The Morgan fingerprint density at radius 2 is 1.81 bits per heavy atom. The molecule has 0 unspecified atom stereocenters. The fourth-order valence-electron chi connectivity index (χ4n) is 2.93. The number of pyridine rings is 1. The van der Waals surface area contributed by atoms with Crippen molar-refractivity contribution in [2.75, 3.05) is 18.2 Å². The lowest BCUT2D eigenvalue weighted by atomic mass is 10.2. The molecular formula is C22H17Cl2N5O2S. The number of halogens is 2. The summed E-state index contributed by atoms with van der Waals surface area (Å²) in [5, 5.41) is 12.7. The molecule has 2 heterocycles. The molecule has 2 aromatic carbocycles. The third-order valence-electron chi connectivity index (χ3n) is 4.46. The molecule has 1 amide bonds. The lowest BCUT2D eigenvalue weighted by Gasteiger charge is -2.11. The topological polar surface area (TPSA) is 81.9 Å². The van der Waals surface area contributed by atoms with Crippen LogP contribution in [0.4, 0.5) is 5.69 Å². The van der Waals surface area contributed by atoms with E-state index in [1.807, 2.05) is 41.0 Å². The number of rotatable bonds is 7. The van der Waals surface area contributed by atoms with Gasteiger partial charge in [0.15, 0.2) is 11.0 Å². The fraction of sp³-hybridized carbons (Fsp3) is 0.0909. The first-order valence-electron chi connectivity index (χ1n) is 9.43. The van der Waals surface area contributed by atoms with Crippen molar-refractivity contribution in [1.82, 2.24) is 19.7 Å². The molecule has 0 aliphatic rings. The number of nitrogens with one attached hydrogen (secondary N) is 1. The number of anilines is 1. The highest BCUT2D eigenvalue weighted by Gasteiger charge is 2.18. The number of thioether (sulfide) groups is 1. The molecule has 0 saturated carbocycles. The molecule has 7 nitrogen and oxygen atoms in total. The summed E-state index contributed by atoms with van der Waals surface area (Å²) >= 11 is 13.4. The van der Waals surface area contributed by atoms with Crippen LogP contribution in [0.1, 0.15) is 0 Å². The Bertz CT molecular complexity index is 1230. The minimum absolute atomic E-state index is 0.105. The van der Waals surface area contributed by atoms with E-state index < -0.39 is 0 Å². The molecule has 0 bridgehead atoms. The SMILES string of the molecule is COc1ccc(-n2c(SCC(=O)Nc3cccc(Cl)c3Cl)nnc2-c2ccncc2)cc1. The van der Waals surface area contributed by atoms with Gasteiger partial charge in [0.1, 0.15) is 5.75 Å². The van der Waals surface area contributed by atoms with Gasteiger partial charge < -0.3 is 10.1 Å². The van der Waals surface area contributed by atoms with E-state index in [0.717, 1.165) is 17.0 Å². The van der Waals surface area contributed by atoms with Gasteiger partial charge in [-0.15, -0.1) is 10.2 Å². The van der Waals surface area contributed by atoms with Gasteiger partial charge in [-0.3, -0.25) is 14.3 Å². The van der Waals surface area contributed by atoms with Crippen LogP contribution in [-0.4, -0.2) is 38.5 Å². The highest BCUT2D eigenvalue weighted by atomic mass is 35.5. The smallest absolute Gasteiger partial charge is 0.234 e. The van der Waals surface area contributed by atoms with Crippen LogP contribution in [0.5, 0.6) is 5.75 Å². The Balaban J connectivity index is 1.60. The molecule has 0 radical (unpaired) electrons. The third-order valence-corrected chi connectivity index (χ3v) is 6.21. The molecule has 32 heavy (non-hydrogen) atoms. The molecule has 10 heteroatoms. The molecule has 0 spiro atoms. The zero-order valence-electron chi connectivity index (χ0n) is 16.8. The first-order chi connectivity index (χ1) is 15.6. The van der Waals surface area contributed by atoms with E-state index in [-0.39, 0.29) is 11.7 Å². The quantitative estimate of drug-likeness (QED) is 0.354. The number of ether oxygens (including phenoxy) is 1. The van der Waals surface area contributed by atoms with Crippen LogP contribution in [0.25, 0.3) is 17.1 Å². The number of amides is 1. The number of benzene rings is 2. The van der Waals surface area contributed by atoms with Crippen molar-refractivity contribution >= 4 is 46.6 Å². The number of hydrogen-bond acceptors (Lipinski definition) is 6. The summed E-state index contributed by atoms with van der Waals surface area (Å²) in [5.74, 6) is 1.24. The van der Waals surface area contributed by atoms with E-state index in [4.69, 9.17) is 27.9 Å². The van der Waals surface area contributed by atoms with Gasteiger partial charge in [-0.25, -0.2) is 0 Å². The summed E-state index contributed by atoms with van der Waals surface area (Å²) in [6.07, 6.45) is 3.38. The Labute approximate surface area is 198 Å². The number of aromatic nitrogens is 4. The second-order valence-corrected chi connectivity index (χ2v) is 8.24. The summed E-state index contributed by atoms with van der Waals surface area (Å²) in [4.78, 5) is 16.6. The minimum Gasteiger partial charge on any atom is -0.497 e. The number of hydrogen-bond donors (Lipinski definition) is 1. The monoisotopic (exact) mass is 485 g/mol. The summed E-state index contributed by atoms with van der Waals surface area (Å²) in [5.41, 5.74) is 2.15. The first kappa shape index (κ1) is 22.1. The van der Waals surface area contributed by atoms with E-state index in [9.17, 15) is 4.79 Å². The standard InChI is InChI=1S/C22H17Cl2N5O2S/c1-31-16-7-5-15(6-8-16)29-21(14-9-11-25-12-10-14)27-28-22(29)32-13-19(30)26-18-4-2-3-17(23)20(18)24/h2-12H,13H2,1H3,(H,26,30). The molecule has 0 aliphatic carbocycles. The van der Waals surface area contributed by atoms with Crippen LogP contribution < -0.4 is 10.1 Å². The van der Waals surface area contributed by atoms with Gasteiger partial charge in [-0.05, 0) is 48.5 Å². The molecular weight excluding hydrogens is 469 g/mol. The summed E-state index contributed by atoms with van der Waals surface area (Å²) in [6.45, 7) is 0. The van der Waals surface area contributed by atoms with Gasteiger partial charge in [0.2, 0.25) is 5.91 Å². The maximum atomic E-state index is 12.5. The highest BCUT2D eigenvalue weighted by molar-refractivity contribution is 7.99. The molecule has 0 saturated heterocycles. The predicted molar refractivity (Wildman–Crippen MR) is 127 cm³/mol. The van der Waals surface area contributed by atoms with Crippen LogP contribution in [0, 0.1) is 0 Å². The normalized spacial score (nSPS) is 10.7. The maximum absolute atomic E-state index is 12.5. The zero-order valence-corrected chi connectivity index (χ0v) is 19.2. The summed E-state index contributed by atoms with van der Waals surface area (Å²) < 4.78 is 7.15. The number of carbonyl (C=O) groups is 1. The molecule has 4 rings (SSSR count). The molecule has 4 aromatic rings. The largest absolute Gasteiger partial charge is 0.497 e. The van der Waals surface area contributed by atoms with E-state index in [1.54, 1.807) is 37.7 Å². The predicted octanol–water partition coefficient (Wildman–Crippen LogP) is 5.38. The van der Waals surface area contributed by atoms with Crippen molar-refractivity contribution in [3.8, 4) is 22.8 Å². The zero-order chi connectivity index (χ0) is 22.5. The molecule has 2 aromatic heterocycles. The Kier molecular flexibility index (Phi) is 6.94. The Hall–Kier alpha value is -3.07. The van der Waals surface area contributed by atoms with Gasteiger partial charge in [-0.1, -0.05) is 41.0 Å². The van der Waals surface area contributed by atoms with Crippen molar-refractivity contribution in [1.29, 1.82) is 0 Å². The van der Waals surface area contributed by atoms with Crippen molar-refractivity contribution in [2.45, 2.75) is 5.16 Å². The van der Waals surface area contributed by atoms with Crippen LogP contribution in [0.2, 0.25) is 10.0 Å². The minimum atomic E-state index is -0.242. The lowest BCUT2D eigenvalue weighted by Crippen LogP contribution is -2.15. The average molecular weight is 486 g/mol. The van der Waals surface area contributed by atoms with Crippen LogP contribution in [0.15, 0.2) is 72.1 Å². The molecule has 0 aliphatic heterocycles. The number of carbonyl (C=O) groups excluding carboxylic acids is 1. The second kappa shape index (κ2) is 10.0. The maximum Gasteiger partial charge on any atom is 0.234 e. The fourth-order valence-corrected chi connectivity index (χ4v) is 4.03. The second-order valence-electron chi connectivity index (χ2n) is 6.51. The lowest BCUT2D eigenvalue weighted by molar-refractivity contribution is -0.113. The third kappa shape index (κ3) is 4.88. The Morgan fingerprint density at radius 1 is 1.06 bits per heavy atom. The van der Waals surface area contributed by atoms with Gasteiger partial charge in [-0.2, -0.15) is 0 Å². The van der Waals surface area contributed by atoms with Crippen LogP contribution >= 0.6 is 35.0 Å². The van der Waals surface area contributed by atoms with E-state index in [0.29, 0.717) is 26.7 Å². The first-order valence-corrected chi connectivity index (χ1v) is 11.2. The van der Waals surface area contributed by atoms with Crippen LogP contribution in [-0.2, 0) is 4.79 Å². The Morgan fingerprint density at radius 3 is 2.53 bits per heavy atom. The average Bonchev–Trinajstić information content (AvgIpc) is 3.25. The van der Waals surface area contributed by atoms with Crippen molar-refractivity contribution in [3.63, 3.8) is 0 Å². The van der Waals surface area contributed by atoms with Gasteiger partial charge in [0.05, 0.1) is 28.6 Å². The summed E-state index contributed by atoms with van der Waals surface area (Å²) in [7, 11) is 1.61. The molecule has 1 N–H and O–H groups in total. The number of nitrogens with zero attached hydrogens (tertiary/aromatic N) is 4. The van der Waals surface area contributed by atoms with E-state index in [1.165, 1.54) is 11.8 Å². The molecule has 0 atom stereocenters. The summed E-state index contributed by atoms with van der Waals surface area (Å²) in [6, 6.07) is 16.3. The van der Waals surface area contributed by atoms with E-state index in [2.05, 4.69) is 20.5 Å². The van der Waals surface area contributed by atoms with Gasteiger partial charge >= 0.3 is 0 Å². The molecule has 0 fully saturated rings. The van der Waals surface area contributed by atoms with Crippen molar-refractivity contribution < 1.29 is 9.53 Å².